The molecule has 0 saturated carbocycles. The summed E-state index contributed by atoms with van der Waals surface area (Å²) < 4.78 is 16.6. The number of hydrogen-bond donors (Lipinski definition) is 2. The van der Waals surface area contributed by atoms with Crippen LogP contribution in [-0.4, -0.2) is 28.2 Å². The number of furan rings is 1. The summed E-state index contributed by atoms with van der Waals surface area (Å²) >= 11 is 0. The standard InChI is InChI=1S/C22H22N4O3/c1-13(2)20(14-3-4-18-19(9-14)29-8-7-28-18)26-22-16-10-17(15-5-6-27-11-15)25-21(16)23-12-24-22/h3-6,9-13,20H,7-8H2,1-2H3,(H2,23,24,25,26)/t20-/m1/s1. The van der Waals surface area contributed by atoms with Gasteiger partial charge in [0.25, 0.3) is 0 Å². The van der Waals surface area contributed by atoms with Gasteiger partial charge >= 0.3 is 0 Å². The summed E-state index contributed by atoms with van der Waals surface area (Å²) in [5, 5.41) is 4.55. The summed E-state index contributed by atoms with van der Waals surface area (Å²) in [4.78, 5) is 12.2. The number of aromatic amines is 1. The number of ether oxygens (including phenoxy) is 2. The fraction of sp³-hybridized carbons (Fsp3) is 0.273. The maximum Gasteiger partial charge on any atom is 0.161 e. The van der Waals surface area contributed by atoms with Crippen LogP contribution in [0.1, 0.15) is 25.5 Å². The highest BCUT2D eigenvalue weighted by Gasteiger charge is 2.21. The van der Waals surface area contributed by atoms with E-state index in [0.717, 1.165) is 45.2 Å². The van der Waals surface area contributed by atoms with Gasteiger partial charge in [-0.15, -0.1) is 0 Å². The van der Waals surface area contributed by atoms with Crippen LogP contribution in [0.2, 0.25) is 0 Å². The van der Waals surface area contributed by atoms with Gasteiger partial charge < -0.3 is 24.2 Å². The van der Waals surface area contributed by atoms with Gasteiger partial charge in [0.05, 0.1) is 29.6 Å². The van der Waals surface area contributed by atoms with Crippen molar-refractivity contribution in [1.29, 1.82) is 0 Å². The zero-order valence-corrected chi connectivity index (χ0v) is 16.3. The molecule has 4 aromatic rings. The molecule has 7 heteroatoms. The summed E-state index contributed by atoms with van der Waals surface area (Å²) in [5.41, 5.74) is 3.82. The Kier molecular flexibility index (Phi) is 4.35. The molecule has 0 spiro atoms. The average Bonchev–Trinajstić information content (AvgIpc) is 3.41. The van der Waals surface area contributed by atoms with Crippen molar-refractivity contribution in [3.8, 4) is 22.8 Å². The molecule has 7 nitrogen and oxygen atoms in total. The molecule has 29 heavy (non-hydrogen) atoms. The van der Waals surface area contributed by atoms with Gasteiger partial charge in [-0.3, -0.25) is 0 Å². The first kappa shape index (κ1) is 17.6. The number of H-pyrrole nitrogens is 1. The molecule has 0 amide bonds. The smallest absolute Gasteiger partial charge is 0.161 e. The van der Waals surface area contributed by atoms with Crippen LogP contribution >= 0.6 is 0 Å². The lowest BCUT2D eigenvalue weighted by Crippen LogP contribution is -2.19. The molecule has 1 aliphatic heterocycles. The third-order valence-corrected chi connectivity index (χ3v) is 5.14. The van der Waals surface area contributed by atoms with E-state index in [0.29, 0.717) is 19.1 Å². The Morgan fingerprint density at radius 2 is 1.90 bits per heavy atom. The zero-order valence-electron chi connectivity index (χ0n) is 16.3. The van der Waals surface area contributed by atoms with Crippen LogP contribution < -0.4 is 14.8 Å². The van der Waals surface area contributed by atoms with E-state index >= 15 is 0 Å². The molecule has 1 aromatic carbocycles. The molecule has 5 rings (SSSR count). The van der Waals surface area contributed by atoms with Crippen molar-refractivity contribution in [3.05, 3.63) is 54.7 Å². The second-order valence-corrected chi connectivity index (χ2v) is 7.45. The first-order valence-electron chi connectivity index (χ1n) is 9.71. The minimum absolute atomic E-state index is 0.0520. The van der Waals surface area contributed by atoms with E-state index in [4.69, 9.17) is 13.9 Å². The largest absolute Gasteiger partial charge is 0.486 e. The third kappa shape index (κ3) is 3.29. The van der Waals surface area contributed by atoms with Crippen molar-refractivity contribution in [2.24, 2.45) is 5.92 Å². The maximum absolute atomic E-state index is 5.77. The Hall–Kier alpha value is -3.48. The molecule has 2 N–H and O–H groups in total. The second-order valence-electron chi connectivity index (χ2n) is 7.45. The summed E-state index contributed by atoms with van der Waals surface area (Å²) in [7, 11) is 0. The molecule has 0 aliphatic carbocycles. The van der Waals surface area contributed by atoms with E-state index in [2.05, 4.69) is 46.2 Å². The molecule has 148 valence electrons. The van der Waals surface area contributed by atoms with E-state index in [-0.39, 0.29) is 6.04 Å². The van der Waals surface area contributed by atoms with Gasteiger partial charge in [0, 0.05) is 5.56 Å². The average molecular weight is 390 g/mol. The zero-order chi connectivity index (χ0) is 19.8. The van der Waals surface area contributed by atoms with Crippen LogP contribution in [-0.2, 0) is 0 Å². The lowest BCUT2D eigenvalue weighted by atomic mass is 9.95. The van der Waals surface area contributed by atoms with Gasteiger partial charge in [0.2, 0.25) is 0 Å². The first-order valence-corrected chi connectivity index (χ1v) is 9.71. The number of rotatable bonds is 5. The van der Waals surface area contributed by atoms with Gasteiger partial charge in [0.1, 0.15) is 31.0 Å². The Balaban J connectivity index is 1.51. The van der Waals surface area contributed by atoms with Crippen LogP contribution in [0.3, 0.4) is 0 Å². The number of fused-ring (bicyclic) bond motifs is 2. The summed E-state index contributed by atoms with van der Waals surface area (Å²) in [5.74, 6) is 2.70. The topological polar surface area (TPSA) is 85.2 Å². The molecule has 0 bridgehead atoms. The Bertz CT molecular complexity index is 1130. The normalized spacial score (nSPS) is 14.3. The predicted octanol–water partition coefficient (Wildman–Crippen LogP) is 4.80. The highest BCUT2D eigenvalue weighted by atomic mass is 16.6. The number of nitrogens with one attached hydrogen (secondary N) is 2. The van der Waals surface area contributed by atoms with Crippen LogP contribution in [0.25, 0.3) is 22.3 Å². The van der Waals surface area contributed by atoms with Crippen LogP contribution in [0.4, 0.5) is 5.82 Å². The van der Waals surface area contributed by atoms with Crippen molar-refractivity contribution in [2.45, 2.75) is 19.9 Å². The SMILES string of the molecule is CC(C)[C@@H](Nc1ncnc2[nH]c(-c3ccoc3)cc12)c1ccc2c(c1)OCCO2. The van der Waals surface area contributed by atoms with E-state index in [9.17, 15) is 0 Å². The Morgan fingerprint density at radius 1 is 1.03 bits per heavy atom. The van der Waals surface area contributed by atoms with E-state index in [1.807, 2.05) is 18.2 Å². The second kappa shape index (κ2) is 7.16. The minimum Gasteiger partial charge on any atom is -0.486 e. The van der Waals surface area contributed by atoms with Gasteiger partial charge in [0.15, 0.2) is 11.5 Å². The van der Waals surface area contributed by atoms with Crippen molar-refractivity contribution < 1.29 is 13.9 Å². The molecule has 0 radical (unpaired) electrons. The molecule has 1 aliphatic rings. The summed E-state index contributed by atoms with van der Waals surface area (Å²) in [6.07, 6.45) is 4.93. The fourth-order valence-electron chi connectivity index (χ4n) is 3.66. The van der Waals surface area contributed by atoms with E-state index < -0.39 is 0 Å². The van der Waals surface area contributed by atoms with Gasteiger partial charge in [-0.05, 0) is 35.7 Å². The van der Waals surface area contributed by atoms with Gasteiger partial charge in [-0.2, -0.15) is 0 Å². The molecular weight excluding hydrogens is 368 g/mol. The summed E-state index contributed by atoms with van der Waals surface area (Å²) in [6, 6.07) is 10.1. The number of anilines is 1. The molecule has 4 heterocycles. The first-order chi connectivity index (χ1) is 14.2. The fourth-order valence-corrected chi connectivity index (χ4v) is 3.66. The highest BCUT2D eigenvalue weighted by molar-refractivity contribution is 5.91. The monoisotopic (exact) mass is 390 g/mol. The molecule has 0 saturated heterocycles. The Labute approximate surface area is 168 Å². The third-order valence-electron chi connectivity index (χ3n) is 5.14. The Morgan fingerprint density at radius 3 is 2.69 bits per heavy atom. The highest BCUT2D eigenvalue weighted by Crippen LogP contribution is 2.36. The number of nitrogens with zero attached hydrogens (tertiary/aromatic N) is 2. The van der Waals surface area contributed by atoms with Crippen LogP contribution in [0.15, 0.2) is 53.6 Å². The molecular formula is C22H22N4O3. The molecule has 1 atom stereocenters. The van der Waals surface area contributed by atoms with Gasteiger partial charge in [-0.1, -0.05) is 19.9 Å². The molecule has 0 fully saturated rings. The van der Waals surface area contributed by atoms with E-state index in [1.165, 1.54) is 0 Å². The maximum atomic E-state index is 5.77. The lowest BCUT2D eigenvalue weighted by molar-refractivity contribution is 0.171. The number of benzene rings is 1. The number of hydrogen-bond acceptors (Lipinski definition) is 6. The van der Waals surface area contributed by atoms with Crippen molar-refractivity contribution in [1.82, 2.24) is 15.0 Å². The van der Waals surface area contributed by atoms with E-state index in [1.54, 1.807) is 18.9 Å². The predicted molar refractivity (Wildman–Crippen MR) is 110 cm³/mol. The van der Waals surface area contributed by atoms with Gasteiger partial charge in [-0.25, -0.2) is 9.97 Å². The van der Waals surface area contributed by atoms with Crippen LogP contribution in [0.5, 0.6) is 11.5 Å². The minimum atomic E-state index is 0.0520. The van der Waals surface area contributed by atoms with Crippen molar-refractivity contribution >= 4 is 16.9 Å². The van der Waals surface area contributed by atoms with Crippen molar-refractivity contribution in [2.75, 3.05) is 18.5 Å². The number of aromatic nitrogens is 3. The quantitative estimate of drug-likeness (QED) is 0.509. The van der Waals surface area contributed by atoms with Crippen LogP contribution in [0, 0.1) is 5.92 Å². The van der Waals surface area contributed by atoms with Crippen molar-refractivity contribution in [3.63, 3.8) is 0 Å². The summed E-state index contributed by atoms with van der Waals surface area (Å²) in [6.45, 7) is 5.52. The molecule has 0 unspecified atom stereocenters. The molecule has 3 aromatic heterocycles. The lowest BCUT2D eigenvalue weighted by Gasteiger charge is -2.26.